The molecular weight excluding hydrogens is 431 g/mol. The molecule has 0 saturated carbocycles. The minimum Gasteiger partial charge on any atom is -0.492 e. The van der Waals surface area contributed by atoms with E-state index in [4.69, 9.17) is 4.74 Å². The average Bonchev–Trinajstić information content (AvgIpc) is 3.05. The Balaban J connectivity index is 0.00000312. The number of nitrogens with one attached hydrogen (secondary N) is 2. The quantitative estimate of drug-likeness (QED) is 0.275. The van der Waals surface area contributed by atoms with Gasteiger partial charge in [-0.3, -0.25) is 0 Å². The fourth-order valence-electron chi connectivity index (χ4n) is 2.13. The number of halogens is 1. The average molecular weight is 458 g/mol. The number of benzene rings is 1. The van der Waals surface area contributed by atoms with Gasteiger partial charge in [0, 0.05) is 13.1 Å². The summed E-state index contributed by atoms with van der Waals surface area (Å²) in [7, 11) is 0. The van der Waals surface area contributed by atoms with Crippen LogP contribution >= 0.6 is 24.0 Å². The summed E-state index contributed by atoms with van der Waals surface area (Å²) < 4.78 is 7.68. The van der Waals surface area contributed by atoms with Crippen molar-refractivity contribution >= 4 is 29.9 Å². The van der Waals surface area contributed by atoms with Crippen molar-refractivity contribution in [2.75, 3.05) is 19.7 Å². The molecule has 2 rings (SSSR count). The van der Waals surface area contributed by atoms with E-state index in [1.54, 1.807) is 6.33 Å². The molecular formula is C17H27IN6O. The van der Waals surface area contributed by atoms with Gasteiger partial charge < -0.3 is 19.9 Å². The Morgan fingerprint density at radius 1 is 1.20 bits per heavy atom. The summed E-state index contributed by atoms with van der Waals surface area (Å²) in [4.78, 5) is 4.54. The van der Waals surface area contributed by atoms with Crippen molar-refractivity contribution in [3.8, 4) is 5.75 Å². The summed E-state index contributed by atoms with van der Waals surface area (Å²) in [6.45, 7) is 9.51. The number of guanidine groups is 1. The minimum absolute atomic E-state index is 0. The van der Waals surface area contributed by atoms with Gasteiger partial charge in [-0.1, -0.05) is 17.7 Å². The SMILES string of the molecule is CCNC(=NCc1nncn1CC)NCCOc1ccc(C)cc1.I. The molecule has 0 fully saturated rings. The summed E-state index contributed by atoms with van der Waals surface area (Å²) in [5.41, 5.74) is 1.22. The van der Waals surface area contributed by atoms with Crippen LogP contribution in [0.1, 0.15) is 25.2 Å². The van der Waals surface area contributed by atoms with E-state index in [9.17, 15) is 0 Å². The molecule has 0 aliphatic carbocycles. The number of aliphatic imine (C=N–C) groups is 1. The summed E-state index contributed by atoms with van der Waals surface area (Å²) in [5, 5.41) is 14.5. The lowest BCUT2D eigenvalue weighted by molar-refractivity contribution is 0.322. The molecule has 0 aliphatic heterocycles. The maximum atomic E-state index is 5.70. The lowest BCUT2D eigenvalue weighted by Gasteiger charge is -2.12. The van der Waals surface area contributed by atoms with Crippen LogP contribution in [0.2, 0.25) is 0 Å². The van der Waals surface area contributed by atoms with Crippen molar-refractivity contribution < 1.29 is 4.74 Å². The van der Waals surface area contributed by atoms with Gasteiger partial charge in [-0.15, -0.1) is 34.2 Å². The fraction of sp³-hybridized carbons (Fsp3) is 0.471. The highest BCUT2D eigenvalue weighted by molar-refractivity contribution is 14.0. The molecule has 138 valence electrons. The normalized spacial score (nSPS) is 10.9. The van der Waals surface area contributed by atoms with Crippen LogP contribution in [-0.2, 0) is 13.1 Å². The predicted octanol–water partition coefficient (Wildman–Crippen LogP) is 2.36. The smallest absolute Gasteiger partial charge is 0.191 e. The van der Waals surface area contributed by atoms with Crippen molar-refractivity contribution in [1.82, 2.24) is 25.4 Å². The molecule has 0 amide bonds. The van der Waals surface area contributed by atoms with Crippen LogP contribution in [0.4, 0.5) is 0 Å². The topological polar surface area (TPSA) is 76.4 Å². The highest BCUT2D eigenvalue weighted by Crippen LogP contribution is 2.10. The van der Waals surface area contributed by atoms with E-state index < -0.39 is 0 Å². The van der Waals surface area contributed by atoms with E-state index in [0.717, 1.165) is 30.6 Å². The Bertz CT molecular complexity index is 641. The van der Waals surface area contributed by atoms with Crippen LogP contribution in [0.15, 0.2) is 35.6 Å². The van der Waals surface area contributed by atoms with Gasteiger partial charge in [0.25, 0.3) is 0 Å². The molecule has 1 aromatic heterocycles. The summed E-state index contributed by atoms with van der Waals surface area (Å²) in [5.74, 6) is 2.47. The number of hydrogen-bond acceptors (Lipinski definition) is 4. The first-order valence-electron chi connectivity index (χ1n) is 8.31. The first-order chi connectivity index (χ1) is 11.7. The number of aryl methyl sites for hydroxylation is 2. The lowest BCUT2D eigenvalue weighted by atomic mass is 10.2. The summed E-state index contributed by atoms with van der Waals surface area (Å²) >= 11 is 0. The second-order valence-corrected chi connectivity index (χ2v) is 5.32. The molecule has 0 aliphatic rings. The molecule has 2 N–H and O–H groups in total. The largest absolute Gasteiger partial charge is 0.492 e. The number of hydrogen-bond donors (Lipinski definition) is 2. The van der Waals surface area contributed by atoms with Crippen molar-refractivity contribution in [3.63, 3.8) is 0 Å². The molecule has 0 saturated heterocycles. The highest BCUT2D eigenvalue weighted by atomic mass is 127. The van der Waals surface area contributed by atoms with Crippen molar-refractivity contribution in [2.45, 2.75) is 33.9 Å². The minimum atomic E-state index is 0. The zero-order valence-electron chi connectivity index (χ0n) is 15.0. The number of aromatic nitrogens is 3. The molecule has 1 heterocycles. The van der Waals surface area contributed by atoms with E-state index in [-0.39, 0.29) is 24.0 Å². The van der Waals surface area contributed by atoms with Gasteiger partial charge in [-0.25, -0.2) is 4.99 Å². The Hall–Kier alpha value is -1.84. The third kappa shape index (κ3) is 7.29. The van der Waals surface area contributed by atoms with Gasteiger partial charge in [-0.05, 0) is 32.9 Å². The molecule has 7 nitrogen and oxygen atoms in total. The van der Waals surface area contributed by atoms with Crippen LogP contribution in [0.3, 0.4) is 0 Å². The first kappa shape index (κ1) is 21.2. The number of ether oxygens (including phenoxy) is 1. The Morgan fingerprint density at radius 3 is 2.64 bits per heavy atom. The third-order valence-electron chi connectivity index (χ3n) is 3.44. The number of nitrogens with zero attached hydrogens (tertiary/aromatic N) is 4. The predicted molar refractivity (Wildman–Crippen MR) is 111 cm³/mol. The van der Waals surface area contributed by atoms with Crippen LogP contribution in [0.5, 0.6) is 5.75 Å². The molecule has 0 radical (unpaired) electrons. The van der Waals surface area contributed by atoms with E-state index >= 15 is 0 Å². The molecule has 2 aromatic rings. The Labute approximate surface area is 166 Å². The standard InChI is InChI=1S/C17H26N6O.HI/c1-4-18-17(20-12-16-22-21-13-23(16)5-2)19-10-11-24-15-8-6-14(3)7-9-15;/h6-9,13H,4-5,10-12H2,1-3H3,(H2,18,19,20);1H. The molecule has 0 spiro atoms. The lowest BCUT2D eigenvalue weighted by Crippen LogP contribution is -2.39. The first-order valence-corrected chi connectivity index (χ1v) is 8.31. The summed E-state index contributed by atoms with van der Waals surface area (Å²) in [6, 6.07) is 8.04. The van der Waals surface area contributed by atoms with Gasteiger partial charge in [0.2, 0.25) is 0 Å². The Kier molecular flexibility index (Phi) is 9.90. The fourth-order valence-corrected chi connectivity index (χ4v) is 2.13. The second-order valence-electron chi connectivity index (χ2n) is 5.32. The van der Waals surface area contributed by atoms with Crippen molar-refractivity contribution in [1.29, 1.82) is 0 Å². The molecule has 0 atom stereocenters. The van der Waals surface area contributed by atoms with E-state index in [0.29, 0.717) is 19.7 Å². The molecule has 8 heteroatoms. The van der Waals surface area contributed by atoms with Gasteiger partial charge in [-0.2, -0.15) is 0 Å². The van der Waals surface area contributed by atoms with Crippen LogP contribution in [0.25, 0.3) is 0 Å². The van der Waals surface area contributed by atoms with Gasteiger partial charge in [0.15, 0.2) is 11.8 Å². The van der Waals surface area contributed by atoms with E-state index in [1.165, 1.54) is 5.56 Å². The summed E-state index contributed by atoms with van der Waals surface area (Å²) in [6.07, 6.45) is 1.72. The third-order valence-corrected chi connectivity index (χ3v) is 3.44. The maximum Gasteiger partial charge on any atom is 0.191 e. The highest BCUT2D eigenvalue weighted by Gasteiger charge is 2.03. The van der Waals surface area contributed by atoms with Crippen LogP contribution in [-0.4, -0.2) is 40.4 Å². The zero-order valence-corrected chi connectivity index (χ0v) is 17.4. The van der Waals surface area contributed by atoms with Crippen molar-refractivity contribution in [2.24, 2.45) is 4.99 Å². The van der Waals surface area contributed by atoms with Gasteiger partial charge in [0.05, 0.1) is 6.54 Å². The molecule has 0 bridgehead atoms. The zero-order chi connectivity index (χ0) is 17.2. The molecule has 25 heavy (non-hydrogen) atoms. The van der Waals surface area contributed by atoms with Crippen LogP contribution in [0, 0.1) is 6.92 Å². The van der Waals surface area contributed by atoms with Gasteiger partial charge in [0.1, 0.15) is 25.2 Å². The van der Waals surface area contributed by atoms with E-state index in [2.05, 4.69) is 39.7 Å². The Morgan fingerprint density at radius 2 is 1.96 bits per heavy atom. The van der Waals surface area contributed by atoms with E-state index in [1.807, 2.05) is 35.8 Å². The molecule has 1 aromatic carbocycles. The monoisotopic (exact) mass is 458 g/mol. The van der Waals surface area contributed by atoms with Crippen molar-refractivity contribution in [3.05, 3.63) is 42.0 Å². The molecule has 0 unspecified atom stereocenters. The number of rotatable bonds is 8. The van der Waals surface area contributed by atoms with Crippen LogP contribution < -0.4 is 15.4 Å². The maximum absolute atomic E-state index is 5.70. The second kappa shape index (κ2) is 11.7. The van der Waals surface area contributed by atoms with Gasteiger partial charge >= 0.3 is 0 Å².